The average molecular weight is 491 g/mol. The lowest BCUT2D eigenvalue weighted by molar-refractivity contribution is 0.292. The molecule has 1 aromatic heterocycles. The molecule has 0 saturated heterocycles. The summed E-state index contributed by atoms with van der Waals surface area (Å²) in [6.07, 6.45) is 4.09. The highest BCUT2D eigenvalue weighted by atomic mass is 127. The molecule has 0 amide bonds. The van der Waals surface area contributed by atoms with Crippen LogP contribution in [0.25, 0.3) is 0 Å². The Bertz CT molecular complexity index is 523. The fourth-order valence-electron chi connectivity index (χ4n) is 2.73. The van der Waals surface area contributed by atoms with Crippen LogP contribution in [0, 0.1) is 0 Å². The van der Waals surface area contributed by atoms with Gasteiger partial charge in [-0.05, 0) is 64.9 Å². The lowest BCUT2D eigenvalue weighted by Crippen LogP contribution is -2.42. The molecule has 1 atom stereocenters. The molecule has 0 aliphatic rings. The molecule has 0 aliphatic heterocycles. The van der Waals surface area contributed by atoms with Crippen LogP contribution < -0.4 is 15.4 Å². The maximum absolute atomic E-state index is 5.45. The first-order valence-electron chi connectivity index (χ1n) is 9.97. The third-order valence-corrected chi connectivity index (χ3v) is 4.24. The van der Waals surface area contributed by atoms with Crippen molar-refractivity contribution in [3.8, 4) is 5.88 Å². The minimum absolute atomic E-state index is 0. The number of halogens is 1. The molecule has 1 unspecified atom stereocenters. The van der Waals surface area contributed by atoms with Crippen molar-refractivity contribution in [2.24, 2.45) is 4.99 Å². The zero-order chi connectivity index (χ0) is 19.2. The molecule has 156 valence electrons. The van der Waals surface area contributed by atoms with Crippen LogP contribution >= 0.6 is 24.0 Å². The normalized spacial score (nSPS) is 12.4. The lowest BCUT2D eigenvalue weighted by Gasteiger charge is -2.21. The lowest BCUT2D eigenvalue weighted by atomic mass is 10.2. The van der Waals surface area contributed by atoms with Crippen molar-refractivity contribution in [2.45, 2.75) is 60.0 Å². The number of aliphatic imine (C=N–C) groups is 1. The molecule has 27 heavy (non-hydrogen) atoms. The van der Waals surface area contributed by atoms with Gasteiger partial charge < -0.3 is 20.3 Å². The van der Waals surface area contributed by atoms with Gasteiger partial charge >= 0.3 is 0 Å². The first-order chi connectivity index (χ1) is 12.6. The fourth-order valence-corrected chi connectivity index (χ4v) is 2.73. The molecule has 1 heterocycles. The van der Waals surface area contributed by atoms with Crippen LogP contribution in [0.1, 0.15) is 53.0 Å². The Morgan fingerprint density at radius 2 is 2.00 bits per heavy atom. The van der Waals surface area contributed by atoms with E-state index in [2.05, 4.69) is 48.2 Å². The quantitative estimate of drug-likeness (QED) is 0.266. The van der Waals surface area contributed by atoms with E-state index < -0.39 is 0 Å². The molecule has 0 radical (unpaired) electrons. The Morgan fingerprint density at radius 3 is 2.63 bits per heavy atom. The number of nitrogens with zero attached hydrogens (tertiary/aromatic N) is 3. The molecular weight excluding hydrogens is 453 g/mol. The van der Waals surface area contributed by atoms with Crippen molar-refractivity contribution >= 4 is 29.9 Å². The zero-order valence-electron chi connectivity index (χ0n) is 17.6. The highest BCUT2D eigenvalue weighted by Crippen LogP contribution is 2.10. The van der Waals surface area contributed by atoms with E-state index in [0.29, 0.717) is 25.1 Å². The first-order valence-corrected chi connectivity index (χ1v) is 9.97. The molecule has 0 saturated carbocycles. The van der Waals surface area contributed by atoms with Gasteiger partial charge in [-0.25, -0.2) is 9.98 Å². The second-order valence-electron chi connectivity index (χ2n) is 6.35. The summed E-state index contributed by atoms with van der Waals surface area (Å²) < 4.78 is 5.45. The number of aromatic nitrogens is 1. The van der Waals surface area contributed by atoms with E-state index in [1.807, 2.05) is 19.1 Å². The van der Waals surface area contributed by atoms with Crippen molar-refractivity contribution in [3.05, 3.63) is 23.9 Å². The molecule has 0 spiro atoms. The topological polar surface area (TPSA) is 61.8 Å². The monoisotopic (exact) mass is 491 g/mol. The minimum atomic E-state index is 0. The van der Waals surface area contributed by atoms with Gasteiger partial charge in [0, 0.05) is 24.8 Å². The van der Waals surface area contributed by atoms with Crippen molar-refractivity contribution < 1.29 is 4.74 Å². The van der Waals surface area contributed by atoms with Crippen LogP contribution in [0.5, 0.6) is 5.88 Å². The standard InChI is InChI=1S/C20H37N5O.HI/c1-6-21-20(24-17(5)11-10-14-25(7-2)8-3)23-16-18-12-13-22-19(15-18)26-9-4;/h12-13,15,17H,6-11,14,16H2,1-5H3,(H2,21,23,24);1H. The molecule has 6 nitrogen and oxygen atoms in total. The van der Waals surface area contributed by atoms with Crippen molar-refractivity contribution in [3.63, 3.8) is 0 Å². The van der Waals surface area contributed by atoms with Gasteiger partial charge in [0.1, 0.15) is 0 Å². The highest BCUT2D eigenvalue weighted by Gasteiger charge is 2.07. The first kappa shape index (κ1) is 25.9. The largest absolute Gasteiger partial charge is 0.478 e. The maximum atomic E-state index is 5.45. The summed E-state index contributed by atoms with van der Waals surface area (Å²) in [5.41, 5.74) is 1.09. The Kier molecular flexibility index (Phi) is 15.3. The summed E-state index contributed by atoms with van der Waals surface area (Å²) in [4.78, 5) is 11.4. The Balaban J connectivity index is 0.00000676. The van der Waals surface area contributed by atoms with E-state index in [9.17, 15) is 0 Å². The molecule has 0 fully saturated rings. The molecule has 2 N–H and O–H groups in total. The smallest absolute Gasteiger partial charge is 0.213 e. The van der Waals surface area contributed by atoms with Crippen LogP contribution in [0.4, 0.5) is 0 Å². The molecule has 0 aromatic carbocycles. The predicted octanol–water partition coefficient (Wildman–Crippen LogP) is 3.66. The number of guanidine groups is 1. The Labute approximate surface area is 182 Å². The van der Waals surface area contributed by atoms with E-state index in [0.717, 1.165) is 44.1 Å². The summed E-state index contributed by atoms with van der Waals surface area (Å²) in [7, 11) is 0. The Hall–Kier alpha value is -1.09. The summed E-state index contributed by atoms with van der Waals surface area (Å²) in [5.74, 6) is 1.51. The van der Waals surface area contributed by atoms with E-state index in [1.165, 1.54) is 6.42 Å². The number of rotatable bonds is 12. The van der Waals surface area contributed by atoms with Gasteiger partial charge in [-0.15, -0.1) is 24.0 Å². The van der Waals surface area contributed by atoms with Crippen LogP contribution in [-0.2, 0) is 6.54 Å². The summed E-state index contributed by atoms with van der Waals surface area (Å²) in [5, 5.41) is 6.84. The maximum Gasteiger partial charge on any atom is 0.213 e. The van der Waals surface area contributed by atoms with Crippen LogP contribution in [-0.4, -0.2) is 54.7 Å². The molecule has 0 aliphatic carbocycles. The van der Waals surface area contributed by atoms with E-state index in [-0.39, 0.29) is 24.0 Å². The summed E-state index contributed by atoms with van der Waals surface area (Å²) in [6.45, 7) is 16.2. The molecular formula is C20H38IN5O. The summed E-state index contributed by atoms with van der Waals surface area (Å²) >= 11 is 0. The summed E-state index contributed by atoms with van der Waals surface area (Å²) in [6, 6.07) is 4.31. The number of nitrogens with one attached hydrogen (secondary N) is 2. The SMILES string of the molecule is CCNC(=NCc1ccnc(OCC)c1)NC(C)CCCN(CC)CC.I. The second kappa shape index (κ2) is 15.9. The van der Waals surface area contributed by atoms with Crippen molar-refractivity contribution in [1.82, 2.24) is 20.5 Å². The molecule has 1 rings (SSSR count). The minimum Gasteiger partial charge on any atom is -0.478 e. The van der Waals surface area contributed by atoms with Gasteiger partial charge in [-0.2, -0.15) is 0 Å². The highest BCUT2D eigenvalue weighted by molar-refractivity contribution is 14.0. The van der Waals surface area contributed by atoms with Gasteiger partial charge in [-0.1, -0.05) is 13.8 Å². The average Bonchev–Trinajstić information content (AvgIpc) is 2.64. The van der Waals surface area contributed by atoms with Crippen LogP contribution in [0.15, 0.2) is 23.3 Å². The molecule has 0 bridgehead atoms. The van der Waals surface area contributed by atoms with Gasteiger partial charge in [0.25, 0.3) is 0 Å². The van der Waals surface area contributed by atoms with Gasteiger partial charge in [0.05, 0.1) is 13.2 Å². The van der Waals surface area contributed by atoms with Gasteiger partial charge in [-0.3, -0.25) is 0 Å². The third kappa shape index (κ3) is 11.4. The number of ether oxygens (including phenoxy) is 1. The van der Waals surface area contributed by atoms with E-state index in [4.69, 9.17) is 9.73 Å². The number of hydrogen-bond donors (Lipinski definition) is 2. The second-order valence-corrected chi connectivity index (χ2v) is 6.35. The van der Waals surface area contributed by atoms with Crippen molar-refractivity contribution in [1.29, 1.82) is 0 Å². The predicted molar refractivity (Wildman–Crippen MR) is 125 cm³/mol. The van der Waals surface area contributed by atoms with Crippen molar-refractivity contribution in [2.75, 3.05) is 32.8 Å². The van der Waals surface area contributed by atoms with Gasteiger partial charge in [0.15, 0.2) is 5.96 Å². The molecule has 1 aromatic rings. The van der Waals surface area contributed by atoms with E-state index >= 15 is 0 Å². The fraction of sp³-hybridized carbons (Fsp3) is 0.700. The Morgan fingerprint density at radius 1 is 1.26 bits per heavy atom. The zero-order valence-corrected chi connectivity index (χ0v) is 20.0. The van der Waals surface area contributed by atoms with Crippen LogP contribution in [0.2, 0.25) is 0 Å². The molecule has 7 heteroatoms. The third-order valence-electron chi connectivity index (χ3n) is 4.24. The van der Waals surface area contributed by atoms with E-state index in [1.54, 1.807) is 6.20 Å². The number of pyridine rings is 1. The van der Waals surface area contributed by atoms with Crippen LogP contribution in [0.3, 0.4) is 0 Å². The number of hydrogen-bond acceptors (Lipinski definition) is 4. The van der Waals surface area contributed by atoms with Gasteiger partial charge in [0.2, 0.25) is 5.88 Å².